The van der Waals surface area contributed by atoms with Crippen molar-refractivity contribution >= 4 is 17.5 Å². The van der Waals surface area contributed by atoms with Crippen LogP contribution in [0.25, 0.3) is 0 Å². The molecule has 0 bridgehead atoms. The lowest BCUT2D eigenvalue weighted by atomic mass is 10.1. The van der Waals surface area contributed by atoms with Crippen LogP contribution in [0.3, 0.4) is 0 Å². The zero-order chi connectivity index (χ0) is 12.1. The first-order valence-corrected chi connectivity index (χ1v) is 5.50. The van der Waals surface area contributed by atoms with E-state index < -0.39 is 0 Å². The first-order valence-electron chi connectivity index (χ1n) is 4.97. The standard InChI is InChI=1S/C11H14ClNO3/c1-2-13(6-5-12)11(16)8-3-4-9(14)10(15)7-8/h3-4,7,14-15H,2,5-6H2,1H3. The summed E-state index contributed by atoms with van der Waals surface area (Å²) in [5, 5.41) is 18.4. The van der Waals surface area contributed by atoms with E-state index in [9.17, 15) is 9.90 Å². The molecule has 1 amide bonds. The number of hydrogen-bond donors (Lipinski definition) is 2. The minimum Gasteiger partial charge on any atom is -0.504 e. The van der Waals surface area contributed by atoms with Crippen molar-refractivity contribution in [3.8, 4) is 11.5 Å². The van der Waals surface area contributed by atoms with Gasteiger partial charge in [0.1, 0.15) is 0 Å². The van der Waals surface area contributed by atoms with Crippen LogP contribution in [-0.4, -0.2) is 40.0 Å². The monoisotopic (exact) mass is 243 g/mol. The van der Waals surface area contributed by atoms with Gasteiger partial charge in [-0.3, -0.25) is 4.79 Å². The number of nitrogens with zero attached hydrogens (tertiary/aromatic N) is 1. The summed E-state index contributed by atoms with van der Waals surface area (Å²) in [6.07, 6.45) is 0. The van der Waals surface area contributed by atoms with Crippen molar-refractivity contribution in [1.29, 1.82) is 0 Å². The number of rotatable bonds is 4. The molecule has 2 N–H and O–H groups in total. The Hall–Kier alpha value is -1.42. The number of benzene rings is 1. The fourth-order valence-electron chi connectivity index (χ4n) is 1.34. The third kappa shape index (κ3) is 2.79. The third-order valence-corrected chi connectivity index (χ3v) is 2.41. The lowest BCUT2D eigenvalue weighted by Crippen LogP contribution is -2.32. The van der Waals surface area contributed by atoms with Gasteiger partial charge >= 0.3 is 0 Å². The van der Waals surface area contributed by atoms with E-state index in [2.05, 4.69) is 0 Å². The van der Waals surface area contributed by atoms with Gasteiger partial charge in [0, 0.05) is 24.5 Å². The molecule has 0 spiro atoms. The number of carbonyl (C=O) groups is 1. The molecule has 0 fully saturated rings. The van der Waals surface area contributed by atoms with Gasteiger partial charge in [-0.1, -0.05) is 0 Å². The van der Waals surface area contributed by atoms with Gasteiger partial charge < -0.3 is 15.1 Å². The summed E-state index contributed by atoms with van der Waals surface area (Å²) < 4.78 is 0. The average Bonchev–Trinajstić information content (AvgIpc) is 2.28. The molecule has 0 heterocycles. The Bertz CT molecular complexity index is 381. The van der Waals surface area contributed by atoms with E-state index in [-0.39, 0.29) is 17.4 Å². The van der Waals surface area contributed by atoms with Gasteiger partial charge in [0.25, 0.3) is 5.91 Å². The Morgan fingerprint density at radius 3 is 2.56 bits per heavy atom. The molecule has 0 atom stereocenters. The topological polar surface area (TPSA) is 60.8 Å². The Kier molecular flexibility index (Phi) is 4.43. The smallest absolute Gasteiger partial charge is 0.254 e. The molecule has 0 aromatic heterocycles. The molecule has 1 rings (SSSR count). The van der Waals surface area contributed by atoms with Gasteiger partial charge in [0.2, 0.25) is 0 Å². The van der Waals surface area contributed by atoms with E-state index in [1.165, 1.54) is 18.2 Å². The fraction of sp³-hybridized carbons (Fsp3) is 0.364. The Morgan fingerprint density at radius 1 is 1.38 bits per heavy atom. The molecule has 0 saturated carbocycles. The molecule has 4 nitrogen and oxygen atoms in total. The van der Waals surface area contributed by atoms with Crippen molar-refractivity contribution in [2.24, 2.45) is 0 Å². The molecular weight excluding hydrogens is 230 g/mol. The number of phenols is 2. The predicted molar refractivity (Wildman–Crippen MR) is 62.1 cm³/mol. The first-order chi connectivity index (χ1) is 7.60. The van der Waals surface area contributed by atoms with Gasteiger partial charge in [-0.05, 0) is 25.1 Å². The molecule has 16 heavy (non-hydrogen) atoms. The minimum absolute atomic E-state index is 0.210. The van der Waals surface area contributed by atoms with Gasteiger partial charge in [-0.15, -0.1) is 11.6 Å². The lowest BCUT2D eigenvalue weighted by molar-refractivity contribution is 0.0773. The molecule has 5 heteroatoms. The maximum absolute atomic E-state index is 11.9. The average molecular weight is 244 g/mol. The highest BCUT2D eigenvalue weighted by atomic mass is 35.5. The summed E-state index contributed by atoms with van der Waals surface area (Å²) in [5.74, 6) is -0.382. The van der Waals surface area contributed by atoms with Crippen molar-refractivity contribution in [2.45, 2.75) is 6.92 Å². The molecule has 1 aromatic rings. The predicted octanol–water partition coefficient (Wildman–Crippen LogP) is 1.80. The van der Waals surface area contributed by atoms with Crippen LogP contribution in [-0.2, 0) is 0 Å². The maximum Gasteiger partial charge on any atom is 0.254 e. The van der Waals surface area contributed by atoms with Crippen molar-refractivity contribution in [1.82, 2.24) is 4.90 Å². The zero-order valence-corrected chi connectivity index (χ0v) is 9.74. The number of hydrogen-bond acceptors (Lipinski definition) is 3. The molecule has 0 aliphatic rings. The summed E-state index contributed by atoms with van der Waals surface area (Å²) in [5.41, 5.74) is 0.335. The van der Waals surface area contributed by atoms with Crippen LogP contribution in [0.2, 0.25) is 0 Å². The van der Waals surface area contributed by atoms with Crippen molar-refractivity contribution in [2.75, 3.05) is 19.0 Å². The van der Waals surface area contributed by atoms with Crippen LogP contribution in [0.5, 0.6) is 11.5 Å². The fourth-order valence-corrected chi connectivity index (χ4v) is 1.55. The van der Waals surface area contributed by atoms with Crippen LogP contribution >= 0.6 is 11.6 Å². The summed E-state index contributed by atoms with van der Waals surface area (Å²) in [6.45, 7) is 2.86. The number of aromatic hydroxyl groups is 2. The number of halogens is 1. The second-order valence-corrected chi connectivity index (χ2v) is 3.66. The Labute approximate surface area is 99.1 Å². The van der Waals surface area contributed by atoms with E-state index in [1.54, 1.807) is 4.90 Å². The SMILES string of the molecule is CCN(CCCl)C(=O)c1ccc(O)c(O)c1. The van der Waals surface area contributed by atoms with Crippen LogP contribution in [0.1, 0.15) is 17.3 Å². The molecule has 0 radical (unpaired) electrons. The van der Waals surface area contributed by atoms with Gasteiger partial charge in [-0.2, -0.15) is 0 Å². The normalized spacial score (nSPS) is 10.1. The van der Waals surface area contributed by atoms with Crippen molar-refractivity contribution in [3.05, 3.63) is 23.8 Å². The number of amides is 1. The zero-order valence-electron chi connectivity index (χ0n) is 8.98. The van der Waals surface area contributed by atoms with E-state index in [0.29, 0.717) is 24.5 Å². The highest BCUT2D eigenvalue weighted by Crippen LogP contribution is 2.25. The summed E-state index contributed by atoms with van der Waals surface area (Å²) in [4.78, 5) is 13.5. The number of alkyl halides is 1. The van der Waals surface area contributed by atoms with Gasteiger partial charge in [0.05, 0.1) is 0 Å². The second-order valence-electron chi connectivity index (χ2n) is 3.28. The lowest BCUT2D eigenvalue weighted by Gasteiger charge is -2.19. The molecule has 88 valence electrons. The molecule has 0 aliphatic heterocycles. The number of carbonyl (C=O) groups excluding carboxylic acids is 1. The van der Waals surface area contributed by atoms with Gasteiger partial charge in [-0.25, -0.2) is 0 Å². The van der Waals surface area contributed by atoms with Crippen molar-refractivity contribution in [3.63, 3.8) is 0 Å². The highest BCUT2D eigenvalue weighted by molar-refractivity contribution is 6.18. The van der Waals surface area contributed by atoms with Crippen LogP contribution < -0.4 is 0 Å². The molecule has 0 aliphatic carbocycles. The molecule has 1 aromatic carbocycles. The molecule has 0 unspecified atom stereocenters. The Balaban J connectivity index is 2.90. The number of phenolic OH excluding ortho intramolecular Hbond substituents is 2. The third-order valence-electron chi connectivity index (χ3n) is 2.25. The summed E-state index contributed by atoms with van der Waals surface area (Å²) >= 11 is 5.58. The Morgan fingerprint density at radius 2 is 2.06 bits per heavy atom. The summed E-state index contributed by atoms with van der Waals surface area (Å²) in [7, 11) is 0. The van der Waals surface area contributed by atoms with Crippen LogP contribution in [0.15, 0.2) is 18.2 Å². The van der Waals surface area contributed by atoms with Gasteiger partial charge in [0.15, 0.2) is 11.5 Å². The van der Waals surface area contributed by atoms with E-state index >= 15 is 0 Å². The van der Waals surface area contributed by atoms with E-state index in [0.717, 1.165) is 0 Å². The van der Waals surface area contributed by atoms with Crippen LogP contribution in [0.4, 0.5) is 0 Å². The maximum atomic E-state index is 11.9. The quantitative estimate of drug-likeness (QED) is 0.626. The summed E-state index contributed by atoms with van der Waals surface area (Å²) in [6, 6.07) is 4.00. The van der Waals surface area contributed by atoms with E-state index in [1.807, 2.05) is 6.92 Å². The largest absolute Gasteiger partial charge is 0.504 e. The first kappa shape index (κ1) is 12.6. The van der Waals surface area contributed by atoms with Crippen LogP contribution in [0, 0.1) is 0 Å². The highest BCUT2D eigenvalue weighted by Gasteiger charge is 2.14. The molecule has 0 saturated heterocycles. The second kappa shape index (κ2) is 5.61. The van der Waals surface area contributed by atoms with Crippen molar-refractivity contribution < 1.29 is 15.0 Å². The minimum atomic E-state index is -0.298. The molecular formula is C11H14ClNO3. The van der Waals surface area contributed by atoms with E-state index in [4.69, 9.17) is 16.7 Å².